The molecule has 1 aliphatic heterocycles. The number of anilines is 1. The Morgan fingerprint density at radius 3 is 3.10 bits per heavy atom. The number of nitrogens with zero attached hydrogens (tertiary/aromatic N) is 5. The summed E-state index contributed by atoms with van der Waals surface area (Å²) in [6.45, 7) is 0.818. The molecule has 4 N–H and O–H groups in total. The number of aliphatic hydroxyl groups is 1. The molecule has 0 saturated carbocycles. The summed E-state index contributed by atoms with van der Waals surface area (Å²) in [5.41, 5.74) is 1.85. The minimum Gasteiger partial charge on any atom is -0.390 e. The molecule has 0 spiro atoms. The zero-order valence-corrected chi connectivity index (χ0v) is 17.3. The van der Waals surface area contributed by atoms with Crippen molar-refractivity contribution in [3.05, 3.63) is 36.9 Å². The van der Waals surface area contributed by atoms with Crippen molar-refractivity contribution in [1.82, 2.24) is 34.8 Å². The molecule has 3 unspecified atom stereocenters. The van der Waals surface area contributed by atoms with Crippen LogP contribution in [0.1, 0.15) is 18.3 Å². The van der Waals surface area contributed by atoms with Gasteiger partial charge in [-0.05, 0) is 6.08 Å². The third-order valence-corrected chi connectivity index (χ3v) is 5.29. The number of H-pyrrole nitrogens is 1. The van der Waals surface area contributed by atoms with Crippen LogP contribution in [0.3, 0.4) is 0 Å². The highest BCUT2D eigenvalue weighted by Crippen LogP contribution is 2.32. The van der Waals surface area contributed by atoms with E-state index in [4.69, 9.17) is 4.74 Å². The highest BCUT2D eigenvalue weighted by Gasteiger charge is 2.35. The fourth-order valence-corrected chi connectivity index (χ4v) is 3.74. The average molecular weight is 444 g/mol. The maximum atomic E-state index is 11.9. The van der Waals surface area contributed by atoms with Crippen LogP contribution in [0.5, 0.6) is 0 Å². The minimum absolute atomic E-state index is 0.0707. The molecule has 4 heterocycles. The van der Waals surface area contributed by atoms with Crippen LogP contribution in [0.2, 0.25) is 0 Å². The van der Waals surface area contributed by atoms with Gasteiger partial charge < -0.3 is 25.5 Å². The van der Waals surface area contributed by atoms with Gasteiger partial charge in [0.15, 0.2) is 25.4 Å². The quantitative estimate of drug-likeness (QED) is 0.212. The predicted octanol–water partition coefficient (Wildman–Crippen LogP) is 0.731. The van der Waals surface area contributed by atoms with Crippen LogP contribution >= 0.6 is 8.46 Å². The van der Waals surface area contributed by atoms with Crippen molar-refractivity contribution < 1.29 is 19.2 Å². The number of carbonyl (C=O) groups excluding carboxylic acids is 1. The van der Waals surface area contributed by atoms with Gasteiger partial charge in [-0.3, -0.25) is 13.9 Å². The highest BCUT2D eigenvalue weighted by molar-refractivity contribution is 7.23. The largest absolute Gasteiger partial charge is 0.390 e. The fourth-order valence-electron chi connectivity index (χ4n) is 3.26. The minimum atomic E-state index is -0.700. The van der Waals surface area contributed by atoms with Crippen molar-refractivity contribution in [3.8, 4) is 0 Å². The van der Waals surface area contributed by atoms with Gasteiger partial charge >= 0.3 is 0 Å². The Labute approximate surface area is 178 Å². The molecule has 162 valence electrons. The summed E-state index contributed by atoms with van der Waals surface area (Å²) in [6.07, 6.45) is 8.16. The molecule has 1 fully saturated rings. The second-order valence-electron chi connectivity index (χ2n) is 6.85. The molecule has 13 heteroatoms. The molecule has 12 nitrogen and oxygen atoms in total. The van der Waals surface area contributed by atoms with Crippen LogP contribution in [0.4, 0.5) is 5.82 Å². The Morgan fingerprint density at radius 2 is 2.29 bits per heavy atom. The van der Waals surface area contributed by atoms with Crippen molar-refractivity contribution in [2.45, 2.75) is 24.9 Å². The molecule has 3 aromatic heterocycles. The lowest BCUT2D eigenvalue weighted by Crippen LogP contribution is -2.27. The molecule has 1 amide bonds. The fraction of sp³-hybridized carbons (Fsp3) is 0.389. The summed E-state index contributed by atoms with van der Waals surface area (Å²) in [7, 11) is -0.0707. The number of ether oxygens (including phenoxy) is 1. The van der Waals surface area contributed by atoms with Crippen LogP contribution in [0, 0.1) is 0 Å². The summed E-state index contributed by atoms with van der Waals surface area (Å²) in [4.78, 5) is 31.5. The van der Waals surface area contributed by atoms with E-state index in [0.29, 0.717) is 36.5 Å². The van der Waals surface area contributed by atoms with Gasteiger partial charge in [0.2, 0.25) is 5.91 Å². The Balaban J connectivity index is 1.34. The lowest BCUT2D eigenvalue weighted by molar-refractivity contribution is -0.116. The molecule has 4 rings (SSSR count). The van der Waals surface area contributed by atoms with Gasteiger partial charge in [0.25, 0.3) is 0 Å². The Bertz CT molecular complexity index is 1070. The smallest absolute Gasteiger partial charge is 0.244 e. The number of fused-ring (bicyclic) bond motifs is 1. The summed E-state index contributed by atoms with van der Waals surface area (Å²) < 4.78 is 18.4. The zero-order chi connectivity index (χ0) is 21.6. The van der Waals surface area contributed by atoms with E-state index in [1.807, 2.05) is 0 Å². The molecule has 0 radical (unpaired) electrons. The number of hydrogen-bond donors (Lipinski definition) is 4. The van der Waals surface area contributed by atoms with Crippen molar-refractivity contribution in [1.29, 1.82) is 0 Å². The maximum Gasteiger partial charge on any atom is 0.244 e. The van der Waals surface area contributed by atoms with Gasteiger partial charge in [0.1, 0.15) is 12.6 Å². The van der Waals surface area contributed by atoms with Crippen LogP contribution in [-0.2, 0) is 14.1 Å². The first-order valence-corrected chi connectivity index (χ1v) is 10.6. The van der Waals surface area contributed by atoms with Gasteiger partial charge in [-0.25, -0.2) is 19.9 Å². The summed E-state index contributed by atoms with van der Waals surface area (Å²) >= 11 is 0. The molecule has 3 aromatic rings. The highest BCUT2D eigenvalue weighted by atomic mass is 31.1. The third kappa shape index (κ3) is 4.93. The van der Waals surface area contributed by atoms with Gasteiger partial charge in [-0.2, -0.15) is 0 Å². The van der Waals surface area contributed by atoms with Crippen LogP contribution < -0.4 is 10.6 Å². The van der Waals surface area contributed by atoms with Crippen molar-refractivity contribution in [2.75, 3.05) is 24.6 Å². The lowest BCUT2D eigenvalue weighted by Gasteiger charge is -2.13. The number of aliphatic hydroxyl groups excluding tert-OH is 1. The number of imidazole rings is 2. The molecule has 31 heavy (non-hydrogen) atoms. The zero-order valence-electron chi connectivity index (χ0n) is 16.4. The maximum absolute atomic E-state index is 11.9. The van der Waals surface area contributed by atoms with Crippen molar-refractivity contribution >= 4 is 37.4 Å². The molecule has 0 aromatic carbocycles. The van der Waals surface area contributed by atoms with Gasteiger partial charge in [0.05, 0.1) is 42.9 Å². The number of aromatic amines is 1. The number of rotatable bonds is 9. The van der Waals surface area contributed by atoms with E-state index < -0.39 is 18.4 Å². The first-order chi connectivity index (χ1) is 15.2. The van der Waals surface area contributed by atoms with E-state index >= 15 is 0 Å². The molecule has 1 saturated heterocycles. The Kier molecular flexibility index (Phi) is 6.60. The summed E-state index contributed by atoms with van der Waals surface area (Å²) in [5, 5.41) is 16.0. The molecular formula is C18H21N8O4P. The van der Waals surface area contributed by atoms with E-state index in [-0.39, 0.29) is 20.5 Å². The second-order valence-corrected chi connectivity index (χ2v) is 7.47. The molecule has 3 atom stereocenters. The average Bonchev–Trinajstić information content (AvgIpc) is 3.50. The van der Waals surface area contributed by atoms with E-state index in [2.05, 4.69) is 35.6 Å². The standard InChI is InChI=1S/C18H21N8O4P/c27-12-5-15(30-13(12)7-31-29)26-10-25-16-17(23-9-24-18(16)26)21-4-3-20-14(28)2-1-11-6-19-8-22-11/h1-2,6,8-10,12-13,15,27H,3-5,7H2,(H,19,22)(H,20,28)(H,21,23,24). The number of hydrogen-bond acceptors (Lipinski definition) is 9. The summed E-state index contributed by atoms with van der Waals surface area (Å²) in [6, 6.07) is 0. The van der Waals surface area contributed by atoms with Crippen LogP contribution in [0.15, 0.2) is 31.3 Å². The van der Waals surface area contributed by atoms with Gasteiger partial charge in [-0.15, -0.1) is 0 Å². The van der Waals surface area contributed by atoms with Crippen molar-refractivity contribution in [3.63, 3.8) is 0 Å². The molecule has 0 bridgehead atoms. The topological polar surface area (TPSA) is 160 Å². The Hall–Kier alpha value is -3.21. The predicted molar refractivity (Wildman–Crippen MR) is 111 cm³/mol. The Morgan fingerprint density at radius 1 is 1.39 bits per heavy atom. The second kappa shape index (κ2) is 9.73. The van der Waals surface area contributed by atoms with E-state index in [1.54, 1.807) is 23.2 Å². The monoisotopic (exact) mass is 444 g/mol. The van der Waals surface area contributed by atoms with Gasteiger partial charge in [-0.1, -0.05) is 0 Å². The number of carbonyl (C=O) groups is 1. The third-order valence-electron chi connectivity index (χ3n) is 4.78. The van der Waals surface area contributed by atoms with Crippen LogP contribution in [-0.4, -0.2) is 72.0 Å². The SMILES string of the molecule is O=PCC1OC(n2cnc3c(NCCNC(=O)C=Cc4cnc[nH]4)ncnc32)CC1O. The van der Waals surface area contributed by atoms with Crippen molar-refractivity contribution in [2.24, 2.45) is 0 Å². The van der Waals surface area contributed by atoms with E-state index in [9.17, 15) is 14.5 Å². The van der Waals surface area contributed by atoms with Gasteiger partial charge in [0, 0.05) is 25.6 Å². The van der Waals surface area contributed by atoms with E-state index in [0.717, 1.165) is 5.69 Å². The molecular weight excluding hydrogens is 423 g/mol. The van der Waals surface area contributed by atoms with Crippen LogP contribution in [0.25, 0.3) is 17.2 Å². The first-order valence-electron chi connectivity index (χ1n) is 9.64. The normalized spacial score (nSPS) is 21.3. The number of amides is 1. The first kappa shape index (κ1) is 21.0. The van der Waals surface area contributed by atoms with E-state index in [1.165, 1.54) is 18.7 Å². The summed E-state index contributed by atoms with van der Waals surface area (Å²) in [5.74, 6) is 0.302. The number of nitrogens with one attached hydrogen (secondary N) is 3. The lowest BCUT2D eigenvalue weighted by atomic mass is 10.2. The molecule has 0 aliphatic carbocycles. The molecule has 1 aliphatic rings. The number of aromatic nitrogens is 6.